The van der Waals surface area contributed by atoms with E-state index in [-0.39, 0.29) is 12.2 Å². The van der Waals surface area contributed by atoms with Gasteiger partial charge in [0.15, 0.2) is 0 Å². The second kappa shape index (κ2) is 6.90. The number of nitrogens with zero attached hydrogens (tertiary/aromatic N) is 1. The summed E-state index contributed by atoms with van der Waals surface area (Å²) in [6.07, 6.45) is 5.38. The summed E-state index contributed by atoms with van der Waals surface area (Å²) in [4.78, 5) is 2.43. The molecule has 4 heteroatoms. The Labute approximate surface area is 157 Å². The molecule has 0 radical (unpaired) electrons. The topological polar surface area (TPSA) is 50.5 Å². The van der Waals surface area contributed by atoms with Crippen LogP contribution in [-0.2, 0) is 4.74 Å². The molecule has 142 valence electrons. The average molecular weight is 356 g/mol. The lowest BCUT2D eigenvalue weighted by atomic mass is 9.71. The monoisotopic (exact) mass is 355 g/mol. The van der Waals surface area contributed by atoms with Crippen LogP contribution in [0.2, 0.25) is 0 Å². The van der Waals surface area contributed by atoms with Crippen LogP contribution < -0.4 is 16.0 Å². The maximum Gasteiger partial charge on any atom is 0.0726 e. The molecule has 2 bridgehead atoms. The zero-order valence-corrected chi connectivity index (χ0v) is 16.4. The highest BCUT2D eigenvalue weighted by Crippen LogP contribution is 2.52. The third-order valence-electron chi connectivity index (χ3n) is 6.32. The molecule has 1 aromatic carbocycles. The van der Waals surface area contributed by atoms with Crippen LogP contribution in [0.5, 0.6) is 0 Å². The predicted molar refractivity (Wildman–Crippen MR) is 108 cm³/mol. The van der Waals surface area contributed by atoms with E-state index in [0.717, 1.165) is 32.0 Å². The molecule has 1 aliphatic heterocycles. The van der Waals surface area contributed by atoms with E-state index >= 15 is 0 Å². The number of nitrogens with two attached hydrogens (primary N) is 1. The molecular weight excluding hydrogens is 322 g/mol. The Kier molecular flexibility index (Phi) is 4.74. The SMILES string of the molecule is CC1CC2=C(Nc3ccc(N4CC(C)OC(C)C4)cc3)CC(CN)(C2)C1. The Morgan fingerprint density at radius 3 is 2.46 bits per heavy atom. The van der Waals surface area contributed by atoms with E-state index in [1.165, 1.54) is 36.3 Å². The number of allylic oxidation sites excluding steroid dienone is 2. The van der Waals surface area contributed by atoms with E-state index in [4.69, 9.17) is 10.5 Å². The fraction of sp³-hybridized carbons (Fsp3) is 0.636. The highest BCUT2D eigenvalue weighted by atomic mass is 16.5. The normalized spacial score (nSPS) is 34.3. The van der Waals surface area contributed by atoms with Crippen LogP contribution in [0.4, 0.5) is 11.4 Å². The summed E-state index contributed by atoms with van der Waals surface area (Å²) in [7, 11) is 0. The Morgan fingerprint density at radius 2 is 1.81 bits per heavy atom. The fourth-order valence-electron chi connectivity index (χ4n) is 5.37. The standard InChI is InChI=1S/C22H33N3O/c1-15-8-18-10-22(9-15,14-23)11-21(18)24-19-4-6-20(7-5-19)25-12-16(2)26-17(3)13-25/h4-7,15-17,24H,8-14,23H2,1-3H3. The molecule has 3 N–H and O–H groups in total. The van der Waals surface area contributed by atoms with Crippen LogP contribution in [0.25, 0.3) is 0 Å². The second-order valence-corrected chi connectivity index (χ2v) is 8.99. The van der Waals surface area contributed by atoms with Gasteiger partial charge in [-0.25, -0.2) is 0 Å². The van der Waals surface area contributed by atoms with Gasteiger partial charge in [0, 0.05) is 30.2 Å². The molecular formula is C22H33N3O. The quantitative estimate of drug-likeness (QED) is 0.852. The highest BCUT2D eigenvalue weighted by molar-refractivity contribution is 5.58. The number of hydrogen-bond acceptors (Lipinski definition) is 4. The number of benzene rings is 1. The number of fused-ring (bicyclic) bond motifs is 2. The third-order valence-corrected chi connectivity index (χ3v) is 6.32. The summed E-state index contributed by atoms with van der Waals surface area (Å²) in [5.74, 6) is 0.759. The van der Waals surface area contributed by atoms with Crippen LogP contribution in [0.3, 0.4) is 0 Å². The average Bonchev–Trinajstić information content (AvgIpc) is 2.85. The van der Waals surface area contributed by atoms with E-state index < -0.39 is 0 Å². The van der Waals surface area contributed by atoms with Gasteiger partial charge in [-0.1, -0.05) is 12.5 Å². The third kappa shape index (κ3) is 3.49. The lowest BCUT2D eigenvalue weighted by Gasteiger charge is -2.36. The molecule has 0 spiro atoms. The zero-order valence-electron chi connectivity index (χ0n) is 16.4. The summed E-state index contributed by atoms with van der Waals surface area (Å²) in [5, 5.41) is 3.72. The first-order valence-corrected chi connectivity index (χ1v) is 10.1. The van der Waals surface area contributed by atoms with Gasteiger partial charge in [-0.3, -0.25) is 0 Å². The number of rotatable bonds is 4. The van der Waals surface area contributed by atoms with Crippen LogP contribution in [0.15, 0.2) is 35.5 Å². The molecule has 4 atom stereocenters. The minimum absolute atomic E-state index is 0.288. The van der Waals surface area contributed by atoms with Crippen molar-refractivity contribution in [1.82, 2.24) is 0 Å². The Morgan fingerprint density at radius 1 is 1.12 bits per heavy atom. The van der Waals surface area contributed by atoms with Crippen LogP contribution >= 0.6 is 0 Å². The molecule has 0 amide bonds. The van der Waals surface area contributed by atoms with Gasteiger partial charge in [-0.15, -0.1) is 0 Å². The van der Waals surface area contributed by atoms with Gasteiger partial charge in [0.2, 0.25) is 0 Å². The molecule has 1 aromatic rings. The van der Waals surface area contributed by atoms with Gasteiger partial charge in [-0.2, -0.15) is 0 Å². The van der Waals surface area contributed by atoms with E-state index in [1.54, 1.807) is 5.57 Å². The lowest BCUT2D eigenvalue weighted by Crippen LogP contribution is -2.45. The molecule has 3 aliphatic rings. The number of nitrogens with one attached hydrogen (secondary N) is 1. The van der Waals surface area contributed by atoms with Crippen molar-refractivity contribution in [2.24, 2.45) is 17.1 Å². The minimum atomic E-state index is 0.288. The number of morpholine rings is 1. The minimum Gasteiger partial charge on any atom is -0.372 e. The lowest BCUT2D eigenvalue weighted by molar-refractivity contribution is -0.00521. The van der Waals surface area contributed by atoms with Crippen molar-refractivity contribution in [3.05, 3.63) is 35.5 Å². The maximum absolute atomic E-state index is 6.15. The van der Waals surface area contributed by atoms with Gasteiger partial charge in [-0.05, 0) is 81.7 Å². The van der Waals surface area contributed by atoms with E-state index in [2.05, 4.69) is 55.3 Å². The summed E-state index contributed by atoms with van der Waals surface area (Å²) in [6.45, 7) is 9.40. The van der Waals surface area contributed by atoms with E-state index in [1.807, 2.05) is 0 Å². The number of ether oxygens (including phenoxy) is 1. The summed E-state index contributed by atoms with van der Waals surface area (Å²) >= 11 is 0. The summed E-state index contributed by atoms with van der Waals surface area (Å²) in [5.41, 5.74) is 12.0. The zero-order chi connectivity index (χ0) is 18.3. The summed E-state index contributed by atoms with van der Waals surface area (Å²) in [6, 6.07) is 8.91. The van der Waals surface area contributed by atoms with Crippen molar-refractivity contribution in [2.75, 3.05) is 29.9 Å². The molecule has 1 saturated carbocycles. The Bertz CT molecular complexity index is 673. The van der Waals surface area contributed by atoms with E-state index in [9.17, 15) is 0 Å². The molecule has 4 rings (SSSR count). The first-order valence-electron chi connectivity index (χ1n) is 10.1. The van der Waals surface area contributed by atoms with Crippen LogP contribution in [-0.4, -0.2) is 31.8 Å². The van der Waals surface area contributed by atoms with Gasteiger partial charge in [0.1, 0.15) is 0 Å². The molecule has 2 fully saturated rings. The number of hydrogen-bond donors (Lipinski definition) is 2. The molecule has 2 aliphatic carbocycles. The van der Waals surface area contributed by atoms with Crippen molar-refractivity contribution in [3.8, 4) is 0 Å². The molecule has 4 unspecified atom stereocenters. The van der Waals surface area contributed by atoms with E-state index in [0.29, 0.717) is 5.41 Å². The van der Waals surface area contributed by atoms with Crippen LogP contribution in [0.1, 0.15) is 46.5 Å². The molecule has 1 saturated heterocycles. The van der Waals surface area contributed by atoms with Gasteiger partial charge in [0.25, 0.3) is 0 Å². The smallest absolute Gasteiger partial charge is 0.0726 e. The van der Waals surface area contributed by atoms with Crippen molar-refractivity contribution in [3.63, 3.8) is 0 Å². The van der Waals surface area contributed by atoms with Gasteiger partial charge < -0.3 is 20.7 Å². The van der Waals surface area contributed by atoms with Crippen molar-refractivity contribution in [2.45, 2.75) is 58.7 Å². The first kappa shape index (κ1) is 17.9. The van der Waals surface area contributed by atoms with Crippen molar-refractivity contribution < 1.29 is 4.74 Å². The molecule has 4 nitrogen and oxygen atoms in total. The predicted octanol–water partition coefficient (Wildman–Crippen LogP) is 4.14. The molecule has 26 heavy (non-hydrogen) atoms. The molecule has 1 heterocycles. The van der Waals surface area contributed by atoms with Gasteiger partial charge in [0.05, 0.1) is 12.2 Å². The van der Waals surface area contributed by atoms with Crippen LogP contribution in [0, 0.1) is 11.3 Å². The fourth-order valence-corrected chi connectivity index (χ4v) is 5.37. The number of anilines is 2. The second-order valence-electron chi connectivity index (χ2n) is 8.99. The highest BCUT2D eigenvalue weighted by Gasteiger charge is 2.42. The maximum atomic E-state index is 6.15. The van der Waals surface area contributed by atoms with Crippen molar-refractivity contribution >= 4 is 11.4 Å². The summed E-state index contributed by atoms with van der Waals surface area (Å²) < 4.78 is 5.85. The largest absolute Gasteiger partial charge is 0.372 e. The van der Waals surface area contributed by atoms with Crippen molar-refractivity contribution in [1.29, 1.82) is 0 Å². The Hall–Kier alpha value is -1.52. The molecule has 0 aromatic heterocycles. The van der Waals surface area contributed by atoms with Gasteiger partial charge >= 0.3 is 0 Å². The first-order chi connectivity index (χ1) is 12.5. The Balaban J connectivity index is 1.46.